The predicted octanol–water partition coefficient (Wildman–Crippen LogP) is 4.68. The van der Waals surface area contributed by atoms with Crippen molar-refractivity contribution in [1.29, 1.82) is 0 Å². The van der Waals surface area contributed by atoms with Crippen LogP contribution in [0.4, 0.5) is 10.2 Å². The molecule has 0 amide bonds. The quantitative estimate of drug-likeness (QED) is 0.716. The second-order valence-corrected chi connectivity index (χ2v) is 5.79. The molecular weight excluding hydrogens is 357 g/mol. The Morgan fingerprint density at radius 3 is 2.48 bits per heavy atom. The third-order valence-corrected chi connectivity index (χ3v) is 3.86. The van der Waals surface area contributed by atoms with E-state index in [9.17, 15) is 4.39 Å². The van der Waals surface area contributed by atoms with Crippen molar-refractivity contribution in [1.82, 2.24) is 9.78 Å². The van der Waals surface area contributed by atoms with E-state index < -0.39 is 5.82 Å². The van der Waals surface area contributed by atoms with E-state index in [1.165, 1.54) is 16.8 Å². The van der Waals surface area contributed by atoms with Crippen LogP contribution in [0.5, 0.6) is 0 Å². The summed E-state index contributed by atoms with van der Waals surface area (Å²) in [6, 6.07) is 13.9. The Kier molecular flexibility index (Phi) is 3.69. The van der Waals surface area contributed by atoms with E-state index in [2.05, 4.69) is 21.0 Å². The highest BCUT2D eigenvalue weighted by atomic mass is 79.9. The minimum absolute atomic E-state index is 0.0672. The van der Waals surface area contributed by atoms with Crippen molar-refractivity contribution in [3.63, 3.8) is 0 Å². The summed E-state index contributed by atoms with van der Waals surface area (Å²) in [4.78, 5) is 0. The summed E-state index contributed by atoms with van der Waals surface area (Å²) in [6.07, 6.45) is 0. The molecule has 6 heteroatoms. The molecule has 0 saturated carbocycles. The number of nitrogen functional groups attached to an aromatic ring is 1. The number of aromatic nitrogens is 2. The Balaban J connectivity index is 2.05. The molecule has 1 aromatic heterocycles. The lowest BCUT2D eigenvalue weighted by Crippen LogP contribution is -2.02. The second-order valence-electron chi connectivity index (χ2n) is 4.47. The molecule has 0 aliphatic carbocycles. The fraction of sp³-hybridized carbons (Fsp3) is 0. The lowest BCUT2D eigenvalue weighted by atomic mass is 10.2. The van der Waals surface area contributed by atoms with Crippen molar-refractivity contribution < 1.29 is 4.39 Å². The molecule has 106 valence electrons. The number of nitrogens with zero attached hydrogens (tertiary/aromatic N) is 2. The lowest BCUT2D eigenvalue weighted by Gasteiger charge is -2.04. The van der Waals surface area contributed by atoms with Gasteiger partial charge >= 0.3 is 0 Å². The molecule has 0 spiro atoms. The summed E-state index contributed by atoms with van der Waals surface area (Å²) in [5.41, 5.74) is 8.14. The van der Waals surface area contributed by atoms with E-state index >= 15 is 0 Å². The molecule has 0 radical (unpaired) electrons. The van der Waals surface area contributed by atoms with Gasteiger partial charge in [-0.25, -0.2) is 9.07 Å². The molecular formula is C15H10BrClFN3. The summed E-state index contributed by atoms with van der Waals surface area (Å²) < 4.78 is 16.0. The van der Waals surface area contributed by atoms with E-state index in [0.29, 0.717) is 11.5 Å². The third kappa shape index (κ3) is 2.80. The minimum Gasteiger partial charge on any atom is -0.384 e. The number of halogens is 3. The Morgan fingerprint density at radius 2 is 1.81 bits per heavy atom. The van der Waals surface area contributed by atoms with Gasteiger partial charge in [0.15, 0.2) is 0 Å². The molecule has 2 aromatic carbocycles. The highest BCUT2D eigenvalue weighted by Gasteiger charge is 2.10. The number of hydrogen-bond donors (Lipinski definition) is 1. The normalized spacial score (nSPS) is 10.8. The van der Waals surface area contributed by atoms with Gasteiger partial charge in [0.05, 0.1) is 16.4 Å². The van der Waals surface area contributed by atoms with Crippen LogP contribution < -0.4 is 5.73 Å². The summed E-state index contributed by atoms with van der Waals surface area (Å²) >= 11 is 9.07. The number of anilines is 1. The fourth-order valence-electron chi connectivity index (χ4n) is 1.98. The van der Waals surface area contributed by atoms with Crippen molar-refractivity contribution in [2.45, 2.75) is 0 Å². The summed E-state index contributed by atoms with van der Waals surface area (Å²) in [5, 5.41) is 4.48. The highest BCUT2D eigenvalue weighted by Crippen LogP contribution is 2.25. The second kappa shape index (κ2) is 5.50. The molecule has 0 bridgehead atoms. The van der Waals surface area contributed by atoms with E-state index in [4.69, 9.17) is 17.3 Å². The Bertz CT molecular complexity index is 799. The first-order valence-electron chi connectivity index (χ1n) is 6.11. The zero-order valence-electron chi connectivity index (χ0n) is 10.7. The number of hydrogen-bond acceptors (Lipinski definition) is 2. The first-order chi connectivity index (χ1) is 10.0. The van der Waals surface area contributed by atoms with Gasteiger partial charge in [-0.2, -0.15) is 5.10 Å². The van der Waals surface area contributed by atoms with Gasteiger partial charge in [0, 0.05) is 22.2 Å². The molecule has 21 heavy (non-hydrogen) atoms. The largest absolute Gasteiger partial charge is 0.384 e. The Hall–Kier alpha value is -1.85. The van der Waals surface area contributed by atoms with Crippen molar-refractivity contribution in [3.05, 3.63) is 63.8 Å². The van der Waals surface area contributed by atoms with Gasteiger partial charge in [-0.1, -0.05) is 39.7 Å². The predicted molar refractivity (Wildman–Crippen MR) is 86.1 cm³/mol. The maximum absolute atomic E-state index is 13.6. The van der Waals surface area contributed by atoms with Gasteiger partial charge < -0.3 is 5.73 Å². The molecule has 0 atom stereocenters. The molecule has 1 heterocycles. The molecule has 0 saturated heterocycles. The molecule has 3 rings (SSSR count). The third-order valence-electron chi connectivity index (χ3n) is 3.02. The summed E-state index contributed by atoms with van der Waals surface area (Å²) in [5.74, 6) is -0.0797. The monoisotopic (exact) mass is 365 g/mol. The van der Waals surface area contributed by atoms with E-state index in [1.54, 1.807) is 12.1 Å². The first-order valence-corrected chi connectivity index (χ1v) is 7.28. The SMILES string of the molecule is Nc1cc(-c2ccc(Br)cc2)nn1-c1ccc(Cl)c(F)c1. The van der Waals surface area contributed by atoms with E-state index in [-0.39, 0.29) is 5.02 Å². The molecule has 0 aliphatic heterocycles. The average molecular weight is 367 g/mol. The lowest BCUT2D eigenvalue weighted by molar-refractivity contribution is 0.626. The van der Waals surface area contributed by atoms with Crippen LogP contribution in [-0.2, 0) is 0 Å². The van der Waals surface area contributed by atoms with Crippen molar-refractivity contribution >= 4 is 33.3 Å². The number of rotatable bonds is 2. The van der Waals surface area contributed by atoms with Gasteiger partial charge in [0.25, 0.3) is 0 Å². The van der Waals surface area contributed by atoms with Gasteiger partial charge in [0.2, 0.25) is 0 Å². The van der Waals surface area contributed by atoms with Gasteiger partial charge in [-0.15, -0.1) is 0 Å². The molecule has 2 N–H and O–H groups in total. The summed E-state index contributed by atoms with van der Waals surface area (Å²) in [6.45, 7) is 0. The molecule has 3 aromatic rings. The fourth-order valence-corrected chi connectivity index (χ4v) is 2.36. The van der Waals surface area contributed by atoms with Crippen LogP contribution in [0, 0.1) is 5.82 Å². The molecule has 3 nitrogen and oxygen atoms in total. The Morgan fingerprint density at radius 1 is 1.10 bits per heavy atom. The highest BCUT2D eigenvalue weighted by molar-refractivity contribution is 9.10. The van der Waals surface area contributed by atoms with Crippen LogP contribution in [-0.4, -0.2) is 9.78 Å². The van der Waals surface area contributed by atoms with Crippen LogP contribution in [0.2, 0.25) is 5.02 Å². The number of nitrogens with two attached hydrogens (primary N) is 1. The van der Waals surface area contributed by atoms with Crippen LogP contribution in [0.15, 0.2) is 53.0 Å². The zero-order valence-corrected chi connectivity index (χ0v) is 13.1. The van der Waals surface area contributed by atoms with Crippen LogP contribution >= 0.6 is 27.5 Å². The van der Waals surface area contributed by atoms with Crippen LogP contribution in [0.25, 0.3) is 16.9 Å². The van der Waals surface area contributed by atoms with Gasteiger partial charge in [-0.05, 0) is 24.3 Å². The van der Waals surface area contributed by atoms with Crippen LogP contribution in [0.3, 0.4) is 0 Å². The molecule has 0 aliphatic rings. The maximum atomic E-state index is 13.6. The van der Waals surface area contributed by atoms with E-state index in [1.807, 2.05) is 24.3 Å². The van der Waals surface area contributed by atoms with Crippen molar-refractivity contribution in [2.75, 3.05) is 5.73 Å². The molecule has 0 unspecified atom stereocenters. The maximum Gasteiger partial charge on any atom is 0.143 e. The molecule has 0 fully saturated rings. The standard InChI is InChI=1S/C15H10BrClFN3/c16-10-3-1-9(2-4-10)14-8-15(19)21(20-14)11-5-6-12(17)13(18)7-11/h1-8H,19H2. The van der Waals surface area contributed by atoms with Gasteiger partial charge in [-0.3, -0.25) is 0 Å². The van der Waals surface area contributed by atoms with Gasteiger partial charge in [0.1, 0.15) is 11.6 Å². The average Bonchev–Trinajstić information content (AvgIpc) is 2.85. The smallest absolute Gasteiger partial charge is 0.143 e. The topological polar surface area (TPSA) is 43.8 Å². The minimum atomic E-state index is -0.505. The Labute approximate surface area is 134 Å². The summed E-state index contributed by atoms with van der Waals surface area (Å²) in [7, 11) is 0. The van der Waals surface area contributed by atoms with Crippen molar-refractivity contribution in [3.8, 4) is 16.9 Å². The van der Waals surface area contributed by atoms with Crippen molar-refractivity contribution in [2.24, 2.45) is 0 Å². The van der Waals surface area contributed by atoms with Crippen LogP contribution in [0.1, 0.15) is 0 Å². The zero-order chi connectivity index (χ0) is 15.0. The number of benzene rings is 2. The van der Waals surface area contributed by atoms with E-state index in [0.717, 1.165) is 15.7 Å². The first kappa shape index (κ1) is 14.1.